The molecule has 576 valence electrons. The van der Waals surface area contributed by atoms with E-state index in [9.17, 15) is 58.8 Å². The molecule has 31 heteroatoms. The second kappa shape index (κ2) is 41.7. The molecule has 7 rings (SSSR count). The SMILES string of the molecule is CCCCN(C#N)c1ccc(C[C@H](NC(=O)[C@H](CO)NC(=O)[C@H](Cc2c[nH]c3ccccc23)NC(=O)[C@H](Cc2cnc[nH]2)NC(=O)[C@@H]2CCC(=O)N2)C(=O)N[C@H](Cc2ccc(N(C#N)CCCC)cc2)C(=O)N[C@@H](CC(C)C)C(=O)N[C@@H](CCCCNC(C)C)C(=O)N2CCC[C@H]2C(=O)N[C@H](C)C(N)=O)cc1. The molecule has 0 spiro atoms. The van der Waals surface area contributed by atoms with Gasteiger partial charge in [-0.05, 0) is 124 Å². The predicted molar refractivity (Wildman–Crippen MR) is 400 cm³/mol. The number of nitrogens with zero attached hydrogens (tertiary/aromatic N) is 6. The van der Waals surface area contributed by atoms with Crippen molar-refractivity contribution in [3.63, 3.8) is 0 Å². The first kappa shape index (κ1) is 83.4. The highest BCUT2D eigenvalue weighted by molar-refractivity contribution is 6.00. The van der Waals surface area contributed by atoms with E-state index in [1.54, 1.807) is 72.9 Å². The lowest BCUT2D eigenvalue weighted by Gasteiger charge is -2.31. The van der Waals surface area contributed by atoms with Crippen LogP contribution in [-0.4, -0.2) is 189 Å². The molecule has 5 aromatic rings. The van der Waals surface area contributed by atoms with Crippen LogP contribution < -0.4 is 68.7 Å². The topological polar surface area (TPSA) is 456 Å². The van der Waals surface area contributed by atoms with Gasteiger partial charge >= 0.3 is 0 Å². The number of nitriles is 2. The van der Waals surface area contributed by atoms with E-state index in [1.807, 2.05) is 47.6 Å². The minimum absolute atomic E-state index is 0.0359. The molecule has 15 N–H and O–H groups in total. The highest BCUT2D eigenvalue weighted by Gasteiger charge is 2.41. The van der Waals surface area contributed by atoms with Crippen molar-refractivity contribution in [2.75, 3.05) is 42.6 Å². The van der Waals surface area contributed by atoms with Crippen molar-refractivity contribution in [1.82, 2.24) is 73.0 Å². The van der Waals surface area contributed by atoms with Gasteiger partial charge in [-0.1, -0.05) is 96.8 Å². The number of nitrogens with one attached hydrogen (secondary N) is 12. The first-order valence-corrected chi connectivity index (χ1v) is 37.0. The standard InChI is InChI=1S/C76H105N19O12/c1-8-10-32-93(43-77)53-25-21-49(22-26-53)36-60(70(101)87-59(35-46(3)4)69(100)86-58(19-14-15-31-81-47(5)6)76(107)95-34-16-20-65(95)75(106)84-48(7)67(79)98)88-71(102)61(37-50-23-27-54(28-24-50)94(44-78)33-11-9-2)89-74(105)64(42-96)92-72(103)62(38-51-40-82-56-18-13-12-17-55(51)56)90-73(104)63(39-52-41-80-45-83-52)91-68(99)57-29-30-66(97)85-57/h12-13,17-18,21-28,40-41,45-48,57-65,81-82,96H,8-11,14-16,19-20,29-39,42H2,1-7H3,(H2,79,98)(H,80,83)(H,84,106)(H,85,97)(H,86,100)(H,87,101)(H,88,102)(H,89,105)(H,90,104)(H,91,99)(H,92,103)/t48-,57+,58+,59+,60-,61+,62+,63+,64+,65+/m1/s1. The molecule has 2 saturated heterocycles. The Morgan fingerprint density at radius 2 is 1.16 bits per heavy atom. The lowest BCUT2D eigenvalue weighted by atomic mass is 9.99. The summed E-state index contributed by atoms with van der Waals surface area (Å²) in [6.45, 7) is 13.7. The van der Waals surface area contributed by atoms with Crippen molar-refractivity contribution < 1.29 is 57.8 Å². The van der Waals surface area contributed by atoms with Crippen LogP contribution in [0.5, 0.6) is 0 Å². The van der Waals surface area contributed by atoms with E-state index in [0.717, 1.165) is 19.3 Å². The molecule has 3 aromatic carbocycles. The van der Waals surface area contributed by atoms with E-state index in [1.165, 1.54) is 34.1 Å². The Hall–Kier alpha value is -10.9. The zero-order valence-corrected chi connectivity index (χ0v) is 62.1. The highest BCUT2D eigenvalue weighted by atomic mass is 16.3. The minimum Gasteiger partial charge on any atom is -0.394 e. The van der Waals surface area contributed by atoms with Crippen LogP contribution >= 0.6 is 0 Å². The molecule has 107 heavy (non-hydrogen) atoms. The van der Waals surface area contributed by atoms with Crippen LogP contribution in [0, 0.1) is 28.8 Å². The third-order valence-electron chi connectivity index (χ3n) is 18.9. The van der Waals surface area contributed by atoms with Crippen LogP contribution in [0.2, 0.25) is 0 Å². The van der Waals surface area contributed by atoms with Gasteiger partial charge in [-0.2, -0.15) is 10.5 Å². The van der Waals surface area contributed by atoms with Gasteiger partial charge in [0.2, 0.25) is 65.0 Å². The zero-order valence-electron chi connectivity index (χ0n) is 62.1. The Morgan fingerprint density at radius 1 is 0.626 bits per heavy atom. The summed E-state index contributed by atoms with van der Waals surface area (Å²) < 4.78 is 0. The molecular weight excluding hydrogens is 1370 g/mol. The van der Waals surface area contributed by atoms with Gasteiger partial charge in [0.25, 0.3) is 0 Å². The Kier molecular flexibility index (Phi) is 32.5. The summed E-state index contributed by atoms with van der Waals surface area (Å²) in [4.78, 5) is 171. The number of anilines is 2. The summed E-state index contributed by atoms with van der Waals surface area (Å²) in [7, 11) is 0. The molecule has 0 unspecified atom stereocenters. The van der Waals surface area contributed by atoms with Crippen LogP contribution in [0.3, 0.4) is 0 Å². The quantitative estimate of drug-likeness (QED) is 0.0151. The molecule has 2 fully saturated rings. The molecule has 0 saturated carbocycles. The smallest absolute Gasteiger partial charge is 0.245 e. The van der Waals surface area contributed by atoms with Crippen LogP contribution in [0.25, 0.3) is 10.9 Å². The molecule has 11 amide bonds. The van der Waals surface area contributed by atoms with Gasteiger partial charge in [0.15, 0.2) is 12.4 Å². The lowest BCUT2D eigenvalue weighted by molar-refractivity contribution is -0.142. The fraction of sp³-hybridized carbons (Fsp3) is 0.526. The fourth-order valence-electron chi connectivity index (χ4n) is 12.8. The van der Waals surface area contributed by atoms with E-state index in [2.05, 4.69) is 80.5 Å². The molecule has 2 aliphatic rings. The maximum Gasteiger partial charge on any atom is 0.245 e. The monoisotopic (exact) mass is 1480 g/mol. The maximum atomic E-state index is 15.5. The molecule has 2 aromatic heterocycles. The van der Waals surface area contributed by atoms with Crippen LogP contribution in [0.1, 0.15) is 148 Å². The number of primary amides is 1. The predicted octanol–water partition coefficient (Wildman–Crippen LogP) is 2.20. The summed E-state index contributed by atoms with van der Waals surface area (Å²) in [6.07, 6.45) is 13.4. The maximum absolute atomic E-state index is 15.5. The number of rotatable bonds is 43. The van der Waals surface area contributed by atoms with Crippen LogP contribution in [-0.2, 0) is 78.4 Å². The van der Waals surface area contributed by atoms with Gasteiger partial charge in [0.05, 0.1) is 24.3 Å². The number of nitrogens with two attached hydrogens (primary N) is 1. The van der Waals surface area contributed by atoms with Gasteiger partial charge in [0, 0.05) is 86.8 Å². The first-order chi connectivity index (χ1) is 51.3. The van der Waals surface area contributed by atoms with Crippen molar-refractivity contribution in [2.45, 2.75) is 218 Å². The first-order valence-electron chi connectivity index (χ1n) is 37.0. The Bertz CT molecular complexity index is 3910. The summed E-state index contributed by atoms with van der Waals surface area (Å²) in [5, 5.41) is 59.9. The van der Waals surface area contributed by atoms with Crippen molar-refractivity contribution >= 4 is 87.3 Å². The third-order valence-corrected chi connectivity index (χ3v) is 18.9. The molecule has 31 nitrogen and oxygen atoms in total. The fourth-order valence-corrected chi connectivity index (χ4v) is 12.8. The van der Waals surface area contributed by atoms with Gasteiger partial charge in [-0.15, -0.1) is 0 Å². The number of aromatic nitrogens is 3. The number of aromatic amines is 2. The second-order valence-electron chi connectivity index (χ2n) is 28.1. The number of hydrogen-bond donors (Lipinski definition) is 14. The minimum atomic E-state index is -1.82. The zero-order chi connectivity index (χ0) is 77.7. The number of carbonyl (C=O) groups is 11. The number of hydrogen-bond acceptors (Lipinski definition) is 18. The summed E-state index contributed by atoms with van der Waals surface area (Å²) >= 11 is 0. The number of aliphatic hydroxyl groups excluding tert-OH is 1. The third kappa shape index (κ3) is 25.1. The van der Waals surface area contributed by atoms with Crippen LogP contribution in [0.4, 0.5) is 11.4 Å². The van der Waals surface area contributed by atoms with Crippen molar-refractivity contribution in [3.05, 3.63) is 114 Å². The number of imidazole rings is 1. The molecule has 2 aliphatic heterocycles. The number of H-pyrrole nitrogens is 2. The average molecular weight is 1480 g/mol. The number of aliphatic hydroxyl groups is 1. The molecule has 0 radical (unpaired) electrons. The number of benzene rings is 3. The molecule has 0 aliphatic carbocycles. The Morgan fingerprint density at radius 3 is 1.67 bits per heavy atom. The van der Waals surface area contributed by atoms with E-state index < -0.39 is 126 Å². The highest BCUT2D eigenvalue weighted by Crippen LogP contribution is 2.24. The summed E-state index contributed by atoms with van der Waals surface area (Å²) in [5.41, 5.74) is 9.24. The summed E-state index contributed by atoms with van der Waals surface area (Å²) in [6, 6.07) is 7.55. The molecule has 4 heterocycles. The van der Waals surface area contributed by atoms with E-state index >= 15 is 9.59 Å². The van der Waals surface area contributed by atoms with E-state index in [-0.39, 0.29) is 82.2 Å². The Balaban J connectivity index is 1.22. The number of amides is 11. The van der Waals surface area contributed by atoms with Gasteiger partial charge in [-0.25, -0.2) is 4.98 Å². The number of carbonyl (C=O) groups excluding carboxylic acids is 11. The van der Waals surface area contributed by atoms with Crippen LogP contribution in [0.15, 0.2) is 91.5 Å². The average Bonchev–Trinajstić information content (AvgIpc) is 0.898. The van der Waals surface area contributed by atoms with Gasteiger partial charge < -0.3 is 78.9 Å². The van der Waals surface area contributed by atoms with E-state index in [4.69, 9.17) is 5.73 Å². The van der Waals surface area contributed by atoms with Crippen molar-refractivity contribution in [2.24, 2.45) is 11.7 Å². The Labute approximate surface area is 624 Å². The lowest BCUT2D eigenvalue weighted by Crippen LogP contribution is -2.61. The normalized spacial score (nSPS) is 16.3. The second-order valence-corrected chi connectivity index (χ2v) is 28.1. The number of unbranched alkanes of at least 4 members (excludes halogenated alkanes) is 3. The molecule has 10 atom stereocenters. The number of para-hydroxylation sites is 1. The van der Waals surface area contributed by atoms with Gasteiger partial charge in [-0.3, -0.25) is 62.5 Å². The summed E-state index contributed by atoms with van der Waals surface area (Å²) in [5.74, 6) is -8.53. The number of fused-ring (bicyclic) bond motifs is 1. The van der Waals surface area contributed by atoms with Crippen molar-refractivity contribution in [3.8, 4) is 12.4 Å². The largest absolute Gasteiger partial charge is 0.394 e. The molecular formula is C76H105N19O12. The van der Waals surface area contributed by atoms with Crippen molar-refractivity contribution in [1.29, 1.82) is 10.5 Å². The van der Waals surface area contributed by atoms with E-state index in [0.29, 0.717) is 90.0 Å². The van der Waals surface area contributed by atoms with Gasteiger partial charge in [0.1, 0.15) is 60.4 Å². The molecule has 0 bridgehead atoms. The number of likely N-dealkylation sites (tertiary alicyclic amines) is 1.